The lowest BCUT2D eigenvalue weighted by molar-refractivity contribution is 0.274. The molecule has 1 N–H and O–H groups in total. The smallest absolute Gasteiger partial charge is 0.224 e. The van der Waals surface area contributed by atoms with Gasteiger partial charge in [-0.3, -0.25) is 0 Å². The molecule has 18 heavy (non-hydrogen) atoms. The van der Waals surface area contributed by atoms with Crippen LogP contribution < -0.4 is 4.74 Å². The van der Waals surface area contributed by atoms with Crippen LogP contribution in [0.1, 0.15) is 5.56 Å². The highest BCUT2D eigenvalue weighted by Gasteiger charge is 2.09. The van der Waals surface area contributed by atoms with E-state index in [2.05, 4.69) is 20.9 Å². The van der Waals surface area contributed by atoms with Crippen LogP contribution in [0.15, 0.2) is 34.9 Å². The molecule has 3 nitrogen and oxygen atoms in total. The summed E-state index contributed by atoms with van der Waals surface area (Å²) >= 11 is 3.02. The number of aliphatic hydroxyl groups is 1. The average molecular weight is 316 g/mol. The van der Waals surface area contributed by atoms with E-state index < -0.39 is 18.2 Å². The zero-order chi connectivity index (χ0) is 13.1. The molecule has 0 saturated heterocycles. The number of hydrogen-bond donors (Lipinski definition) is 1. The Hall–Kier alpha value is -1.53. The largest absolute Gasteiger partial charge is 0.439 e. The average Bonchev–Trinajstić information content (AvgIpc) is 2.36. The van der Waals surface area contributed by atoms with Gasteiger partial charge in [-0.05, 0) is 34.1 Å². The van der Waals surface area contributed by atoms with E-state index in [1.807, 2.05) is 0 Å². The Kier molecular flexibility index (Phi) is 3.88. The minimum absolute atomic E-state index is 0.0422. The first-order valence-corrected chi connectivity index (χ1v) is 5.77. The van der Waals surface area contributed by atoms with E-state index in [1.165, 1.54) is 12.1 Å². The van der Waals surface area contributed by atoms with E-state index in [0.29, 0.717) is 4.47 Å². The fourth-order valence-corrected chi connectivity index (χ4v) is 1.57. The maximum absolute atomic E-state index is 13.3. The van der Waals surface area contributed by atoms with Crippen molar-refractivity contribution in [2.24, 2.45) is 0 Å². The molecule has 0 unspecified atom stereocenters. The maximum atomic E-state index is 13.3. The monoisotopic (exact) mass is 315 g/mol. The zero-order valence-corrected chi connectivity index (χ0v) is 10.6. The third-order valence-corrected chi connectivity index (χ3v) is 2.81. The highest BCUT2D eigenvalue weighted by atomic mass is 79.9. The molecule has 0 fully saturated rings. The topological polar surface area (TPSA) is 42.4 Å². The van der Waals surface area contributed by atoms with Gasteiger partial charge in [-0.1, -0.05) is 0 Å². The summed E-state index contributed by atoms with van der Waals surface area (Å²) in [5.41, 5.74) is 0.193. The van der Waals surface area contributed by atoms with Crippen molar-refractivity contribution in [1.82, 2.24) is 4.98 Å². The lowest BCUT2D eigenvalue weighted by Gasteiger charge is -2.08. The van der Waals surface area contributed by atoms with Gasteiger partial charge in [0.05, 0.1) is 17.3 Å². The van der Waals surface area contributed by atoms with Crippen LogP contribution in [0, 0.1) is 11.6 Å². The Balaban J connectivity index is 2.30. The van der Waals surface area contributed by atoms with Crippen LogP contribution in [0.4, 0.5) is 8.78 Å². The molecule has 1 aromatic carbocycles. The molecular weight excluding hydrogens is 308 g/mol. The summed E-state index contributed by atoms with van der Waals surface area (Å²) in [4.78, 5) is 3.71. The minimum atomic E-state index is -0.576. The van der Waals surface area contributed by atoms with Crippen molar-refractivity contribution in [2.75, 3.05) is 0 Å². The second kappa shape index (κ2) is 5.41. The first kappa shape index (κ1) is 12.9. The Labute approximate surface area is 110 Å². The lowest BCUT2D eigenvalue weighted by Crippen LogP contribution is -1.96. The van der Waals surface area contributed by atoms with Gasteiger partial charge in [0, 0.05) is 11.6 Å². The van der Waals surface area contributed by atoms with E-state index in [-0.39, 0.29) is 17.2 Å². The lowest BCUT2D eigenvalue weighted by atomic mass is 10.3. The zero-order valence-electron chi connectivity index (χ0n) is 9.03. The second-order valence-corrected chi connectivity index (χ2v) is 4.31. The van der Waals surface area contributed by atoms with Gasteiger partial charge >= 0.3 is 0 Å². The van der Waals surface area contributed by atoms with Gasteiger partial charge in [0.25, 0.3) is 0 Å². The Morgan fingerprint density at radius 2 is 2.06 bits per heavy atom. The van der Waals surface area contributed by atoms with Crippen molar-refractivity contribution < 1.29 is 18.6 Å². The molecule has 1 heterocycles. The molecular formula is C12H8BrF2NO2. The Morgan fingerprint density at radius 1 is 1.28 bits per heavy atom. The van der Waals surface area contributed by atoms with Crippen LogP contribution in [-0.4, -0.2) is 10.1 Å². The van der Waals surface area contributed by atoms with Crippen LogP contribution in [-0.2, 0) is 6.61 Å². The molecule has 0 atom stereocenters. The summed E-state index contributed by atoms with van der Waals surface area (Å²) in [7, 11) is 0. The van der Waals surface area contributed by atoms with Gasteiger partial charge in [-0.25, -0.2) is 13.8 Å². The number of rotatable bonds is 3. The molecule has 94 valence electrons. The molecule has 1 aromatic heterocycles. The molecule has 0 aliphatic carbocycles. The Bertz CT molecular complexity index is 578. The van der Waals surface area contributed by atoms with Gasteiger partial charge in [-0.15, -0.1) is 0 Å². The molecule has 0 aliphatic rings. The van der Waals surface area contributed by atoms with Crippen LogP contribution >= 0.6 is 15.9 Å². The van der Waals surface area contributed by atoms with E-state index in [9.17, 15) is 8.78 Å². The van der Waals surface area contributed by atoms with Crippen molar-refractivity contribution in [3.05, 3.63) is 52.1 Å². The van der Waals surface area contributed by atoms with Crippen molar-refractivity contribution in [3.8, 4) is 11.6 Å². The number of hydrogen-bond acceptors (Lipinski definition) is 3. The van der Waals surface area contributed by atoms with E-state index in [1.54, 1.807) is 0 Å². The number of benzene rings is 1. The number of pyridine rings is 1. The standard InChI is InChI=1S/C12H8BrF2NO2/c13-10-2-1-9(4-11(10)15)18-12-7(6-17)3-8(14)5-16-12/h1-5,17H,6H2. The predicted octanol–water partition coefficient (Wildman–Crippen LogP) is 3.41. The quantitative estimate of drug-likeness (QED) is 0.943. The predicted molar refractivity (Wildman–Crippen MR) is 64.3 cm³/mol. The van der Waals surface area contributed by atoms with Crippen molar-refractivity contribution in [3.63, 3.8) is 0 Å². The molecule has 0 amide bonds. The van der Waals surface area contributed by atoms with Crippen LogP contribution in [0.25, 0.3) is 0 Å². The van der Waals surface area contributed by atoms with E-state index in [4.69, 9.17) is 9.84 Å². The van der Waals surface area contributed by atoms with Gasteiger partial charge in [0.2, 0.25) is 5.88 Å². The Morgan fingerprint density at radius 3 is 2.72 bits per heavy atom. The first-order chi connectivity index (χ1) is 8.60. The molecule has 0 spiro atoms. The molecule has 2 aromatic rings. The summed E-state index contributed by atoms with van der Waals surface area (Å²) in [6, 6.07) is 5.28. The molecule has 2 rings (SSSR count). The normalized spacial score (nSPS) is 10.4. The minimum Gasteiger partial charge on any atom is -0.439 e. The molecule has 0 bridgehead atoms. The van der Waals surface area contributed by atoms with Crippen LogP contribution in [0.2, 0.25) is 0 Å². The highest BCUT2D eigenvalue weighted by molar-refractivity contribution is 9.10. The highest BCUT2D eigenvalue weighted by Crippen LogP contribution is 2.26. The summed E-state index contributed by atoms with van der Waals surface area (Å²) in [5, 5.41) is 9.05. The van der Waals surface area contributed by atoms with E-state index >= 15 is 0 Å². The summed E-state index contributed by atoms with van der Waals surface area (Å²) in [5.74, 6) is -0.807. The van der Waals surface area contributed by atoms with Gasteiger partial charge in [0.15, 0.2) is 0 Å². The fourth-order valence-electron chi connectivity index (χ4n) is 1.33. The molecule has 6 heteroatoms. The number of nitrogens with zero attached hydrogens (tertiary/aromatic N) is 1. The van der Waals surface area contributed by atoms with Gasteiger partial charge in [0.1, 0.15) is 17.4 Å². The van der Waals surface area contributed by atoms with Crippen molar-refractivity contribution >= 4 is 15.9 Å². The molecule has 0 saturated carbocycles. The molecule has 0 aliphatic heterocycles. The fraction of sp³-hybridized carbons (Fsp3) is 0.0833. The van der Waals surface area contributed by atoms with Crippen LogP contribution in [0.5, 0.6) is 11.6 Å². The first-order valence-electron chi connectivity index (χ1n) is 4.98. The van der Waals surface area contributed by atoms with E-state index in [0.717, 1.165) is 18.3 Å². The number of aliphatic hydroxyl groups excluding tert-OH is 1. The SMILES string of the molecule is OCc1cc(F)cnc1Oc1ccc(Br)c(F)c1. The third-order valence-electron chi connectivity index (χ3n) is 2.17. The number of ether oxygens (including phenoxy) is 1. The maximum Gasteiger partial charge on any atom is 0.224 e. The number of aromatic nitrogens is 1. The summed E-state index contributed by atoms with van der Waals surface area (Å²) in [6.07, 6.45) is 0.962. The van der Waals surface area contributed by atoms with Crippen molar-refractivity contribution in [1.29, 1.82) is 0 Å². The number of halogens is 3. The van der Waals surface area contributed by atoms with Gasteiger partial charge in [-0.2, -0.15) is 0 Å². The van der Waals surface area contributed by atoms with Crippen LogP contribution in [0.3, 0.4) is 0 Å². The summed E-state index contributed by atoms with van der Waals surface area (Å²) in [6.45, 7) is -0.418. The second-order valence-electron chi connectivity index (χ2n) is 3.45. The summed E-state index contributed by atoms with van der Waals surface area (Å²) < 4.78 is 31.8. The van der Waals surface area contributed by atoms with Crippen molar-refractivity contribution in [2.45, 2.75) is 6.61 Å². The third kappa shape index (κ3) is 2.83. The van der Waals surface area contributed by atoms with Gasteiger partial charge < -0.3 is 9.84 Å². The molecule has 0 radical (unpaired) electrons.